The zero-order chi connectivity index (χ0) is 14.4. The van der Waals surface area contributed by atoms with Crippen molar-refractivity contribution in [2.24, 2.45) is 5.73 Å². The smallest absolute Gasteiger partial charge is 0.287 e. The summed E-state index contributed by atoms with van der Waals surface area (Å²) < 4.78 is 6.27. The summed E-state index contributed by atoms with van der Waals surface area (Å²) in [5.41, 5.74) is 5.00. The highest BCUT2D eigenvalue weighted by Gasteiger charge is 2.10. The van der Waals surface area contributed by atoms with Crippen LogP contribution in [0, 0.1) is 0 Å². The van der Waals surface area contributed by atoms with E-state index in [0.29, 0.717) is 12.2 Å². The Morgan fingerprint density at radius 3 is 2.89 bits per heavy atom. The molecular formula is C11H17ClN4O3. The van der Waals surface area contributed by atoms with Gasteiger partial charge in [0.2, 0.25) is 5.91 Å². The van der Waals surface area contributed by atoms with Gasteiger partial charge in [-0.05, 0) is 13.8 Å². The molecule has 0 aromatic carbocycles. The number of anilines is 1. The molecule has 106 valence electrons. The fourth-order valence-electron chi connectivity index (χ4n) is 1.37. The molecule has 1 rings (SSSR count). The van der Waals surface area contributed by atoms with Gasteiger partial charge in [0.05, 0.1) is 24.5 Å². The van der Waals surface area contributed by atoms with Crippen molar-refractivity contribution in [3.63, 3.8) is 0 Å². The lowest BCUT2D eigenvalue weighted by atomic mass is 10.4. The molecule has 7 nitrogen and oxygen atoms in total. The van der Waals surface area contributed by atoms with Crippen LogP contribution >= 0.6 is 11.6 Å². The topological polar surface area (TPSA) is 99.2 Å². The van der Waals surface area contributed by atoms with Crippen LogP contribution in [0.3, 0.4) is 0 Å². The lowest BCUT2D eigenvalue weighted by Gasteiger charge is -2.12. The molecule has 1 amide bonds. The quantitative estimate of drug-likeness (QED) is 0.707. The van der Waals surface area contributed by atoms with E-state index in [0.717, 1.165) is 0 Å². The Morgan fingerprint density at radius 2 is 2.32 bits per heavy atom. The Bertz CT molecular complexity index is 501. The Labute approximate surface area is 115 Å². The Balaban J connectivity index is 2.58. The van der Waals surface area contributed by atoms with Crippen molar-refractivity contribution in [3.8, 4) is 0 Å². The second-order valence-corrected chi connectivity index (χ2v) is 4.54. The van der Waals surface area contributed by atoms with E-state index in [9.17, 15) is 9.59 Å². The van der Waals surface area contributed by atoms with Crippen molar-refractivity contribution in [2.45, 2.75) is 19.9 Å². The normalized spacial score (nSPS) is 10.7. The number of ether oxygens (including phenoxy) is 1. The van der Waals surface area contributed by atoms with E-state index in [-0.39, 0.29) is 29.8 Å². The lowest BCUT2D eigenvalue weighted by molar-refractivity contribution is -0.122. The summed E-state index contributed by atoms with van der Waals surface area (Å²) in [6.07, 6.45) is 1.48. The summed E-state index contributed by atoms with van der Waals surface area (Å²) >= 11 is 5.95. The molecule has 19 heavy (non-hydrogen) atoms. The molecule has 0 aliphatic rings. The molecule has 0 radical (unpaired) electrons. The number of rotatable bonds is 7. The standard InChI is InChI=1S/C11H17ClN4O3/c1-7(2)16-11(18)10(12)8(5-15-16)14-3-4-19-6-9(13)17/h5,7,14H,3-4,6H2,1-2H3,(H2,13,17). The third-order valence-electron chi connectivity index (χ3n) is 2.24. The predicted molar refractivity (Wildman–Crippen MR) is 72.4 cm³/mol. The van der Waals surface area contributed by atoms with Crippen molar-refractivity contribution in [1.29, 1.82) is 0 Å². The monoisotopic (exact) mass is 288 g/mol. The Morgan fingerprint density at radius 1 is 1.63 bits per heavy atom. The first-order valence-corrected chi connectivity index (χ1v) is 6.18. The summed E-state index contributed by atoms with van der Waals surface area (Å²) in [7, 11) is 0. The van der Waals surface area contributed by atoms with Gasteiger partial charge in [-0.25, -0.2) is 4.68 Å². The average Bonchev–Trinajstić information content (AvgIpc) is 2.33. The first-order valence-electron chi connectivity index (χ1n) is 5.80. The van der Waals surface area contributed by atoms with Crippen LogP contribution in [0.4, 0.5) is 5.69 Å². The van der Waals surface area contributed by atoms with E-state index in [1.165, 1.54) is 10.9 Å². The van der Waals surface area contributed by atoms with Crippen LogP contribution < -0.4 is 16.6 Å². The van der Waals surface area contributed by atoms with Crippen molar-refractivity contribution in [3.05, 3.63) is 21.6 Å². The second kappa shape index (κ2) is 7.10. The molecule has 0 spiro atoms. The molecule has 8 heteroatoms. The summed E-state index contributed by atoms with van der Waals surface area (Å²) in [4.78, 5) is 22.3. The minimum absolute atomic E-state index is 0.0575. The van der Waals surface area contributed by atoms with Crippen LogP contribution in [0.15, 0.2) is 11.0 Å². The maximum atomic E-state index is 11.8. The van der Waals surface area contributed by atoms with Crippen LogP contribution in [0.2, 0.25) is 5.02 Å². The minimum Gasteiger partial charge on any atom is -0.380 e. The predicted octanol–water partition coefficient (Wildman–Crippen LogP) is 0.391. The average molecular weight is 289 g/mol. The molecule has 0 saturated heterocycles. The first-order chi connectivity index (χ1) is 8.93. The zero-order valence-corrected chi connectivity index (χ0v) is 11.6. The minimum atomic E-state index is -0.528. The number of aromatic nitrogens is 2. The molecule has 1 aromatic heterocycles. The van der Waals surface area contributed by atoms with Crippen molar-refractivity contribution < 1.29 is 9.53 Å². The highest BCUT2D eigenvalue weighted by molar-refractivity contribution is 6.32. The maximum Gasteiger partial charge on any atom is 0.287 e. The van der Waals surface area contributed by atoms with E-state index in [2.05, 4.69) is 10.4 Å². The van der Waals surface area contributed by atoms with Crippen molar-refractivity contribution >= 4 is 23.2 Å². The van der Waals surface area contributed by atoms with E-state index in [4.69, 9.17) is 22.1 Å². The molecule has 0 fully saturated rings. The number of nitrogens with two attached hydrogens (primary N) is 1. The van der Waals surface area contributed by atoms with E-state index < -0.39 is 5.91 Å². The third-order valence-corrected chi connectivity index (χ3v) is 2.60. The summed E-state index contributed by atoms with van der Waals surface area (Å²) in [5, 5.41) is 7.00. The molecule has 3 N–H and O–H groups in total. The largest absolute Gasteiger partial charge is 0.380 e. The van der Waals surface area contributed by atoms with Gasteiger partial charge in [0.15, 0.2) is 0 Å². The van der Waals surface area contributed by atoms with Gasteiger partial charge in [-0.3, -0.25) is 9.59 Å². The van der Waals surface area contributed by atoms with Crippen molar-refractivity contribution in [1.82, 2.24) is 9.78 Å². The lowest BCUT2D eigenvalue weighted by Crippen LogP contribution is -2.26. The van der Waals surface area contributed by atoms with Gasteiger partial charge in [-0.15, -0.1) is 0 Å². The number of carbonyl (C=O) groups is 1. The summed E-state index contributed by atoms with van der Waals surface area (Å²) in [6.45, 7) is 4.21. The van der Waals surface area contributed by atoms with Gasteiger partial charge in [0, 0.05) is 6.54 Å². The van der Waals surface area contributed by atoms with E-state index in [1.54, 1.807) is 0 Å². The molecule has 1 aromatic rings. The van der Waals surface area contributed by atoms with E-state index in [1.807, 2.05) is 13.8 Å². The fraction of sp³-hybridized carbons (Fsp3) is 0.545. The molecule has 0 aliphatic heterocycles. The van der Waals surface area contributed by atoms with Crippen LogP contribution in [0.25, 0.3) is 0 Å². The molecule has 0 saturated carbocycles. The zero-order valence-electron chi connectivity index (χ0n) is 10.9. The number of nitrogens with one attached hydrogen (secondary N) is 1. The van der Waals surface area contributed by atoms with Gasteiger partial charge >= 0.3 is 0 Å². The molecule has 0 unspecified atom stereocenters. The Hall–Kier alpha value is -1.60. The van der Waals surface area contributed by atoms with Crippen LogP contribution in [0.5, 0.6) is 0 Å². The van der Waals surface area contributed by atoms with Crippen LogP contribution in [0.1, 0.15) is 19.9 Å². The highest BCUT2D eigenvalue weighted by Crippen LogP contribution is 2.15. The number of carbonyl (C=O) groups excluding carboxylic acids is 1. The number of nitrogens with zero attached hydrogens (tertiary/aromatic N) is 2. The highest BCUT2D eigenvalue weighted by atomic mass is 35.5. The van der Waals surface area contributed by atoms with Gasteiger partial charge in [0.25, 0.3) is 5.56 Å². The second-order valence-electron chi connectivity index (χ2n) is 4.16. The Kier molecular flexibility index (Phi) is 5.78. The summed E-state index contributed by atoms with van der Waals surface area (Å²) in [5.74, 6) is -0.528. The van der Waals surface area contributed by atoms with Crippen molar-refractivity contribution in [2.75, 3.05) is 25.1 Å². The first kappa shape index (κ1) is 15.5. The number of hydrogen-bond donors (Lipinski definition) is 2. The van der Waals surface area contributed by atoms with E-state index >= 15 is 0 Å². The van der Waals surface area contributed by atoms with Gasteiger partial charge < -0.3 is 15.8 Å². The molecule has 1 heterocycles. The SMILES string of the molecule is CC(C)n1ncc(NCCOCC(N)=O)c(Cl)c1=O. The fourth-order valence-corrected chi connectivity index (χ4v) is 1.57. The number of primary amides is 1. The summed E-state index contributed by atoms with van der Waals surface area (Å²) in [6, 6.07) is -0.0575. The third kappa shape index (κ3) is 4.53. The van der Waals surface area contributed by atoms with Gasteiger partial charge in [-0.1, -0.05) is 11.6 Å². The number of hydrogen-bond acceptors (Lipinski definition) is 5. The van der Waals surface area contributed by atoms with Gasteiger partial charge in [-0.2, -0.15) is 5.10 Å². The molecule has 0 bridgehead atoms. The maximum absolute atomic E-state index is 11.8. The van der Waals surface area contributed by atoms with Gasteiger partial charge in [0.1, 0.15) is 11.6 Å². The molecular weight excluding hydrogens is 272 g/mol. The molecule has 0 aliphatic carbocycles. The van der Waals surface area contributed by atoms with Crippen LogP contribution in [-0.4, -0.2) is 35.4 Å². The number of amides is 1. The van der Waals surface area contributed by atoms with Crippen LogP contribution in [-0.2, 0) is 9.53 Å². The number of halogens is 1. The molecule has 0 atom stereocenters.